The van der Waals surface area contributed by atoms with Crippen LogP contribution in [0.5, 0.6) is 0 Å². The lowest BCUT2D eigenvalue weighted by Crippen LogP contribution is -2.51. The zero-order valence-corrected chi connectivity index (χ0v) is 8.42. The zero-order chi connectivity index (χ0) is 9.65. The predicted octanol–water partition coefficient (Wildman–Crippen LogP) is 2.58. The minimum atomic E-state index is -0.100. The van der Waals surface area contributed by atoms with E-state index >= 15 is 0 Å². The number of rotatable bonds is 0. The Bertz CT molecular complexity index is 301. The third kappa shape index (κ3) is 0.891. The molecule has 3 aliphatic rings. The topological polar surface area (TPSA) is 26.3 Å². The van der Waals surface area contributed by atoms with E-state index < -0.39 is 0 Å². The van der Waals surface area contributed by atoms with E-state index in [2.05, 4.69) is 0 Å². The van der Waals surface area contributed by atoms with Gasteiger partial charge in [-0.2, -0.15) is 0 Å². The Morgan fingerprint density at radius 2 is 1.86 bits per heavy atom. The summed E-state index contributed by atoms with van der Waals surface area (Å²) in [6, 6.07) is 0. The van der Waals surface area contributed by atoms with Crippen LogP contribution in [-0.2, 0) is 9.53 Å². The lowest BCUT2D eigenvalue weighted by molar-refractivity contribution is -0.143. The molecular weight excluding hydrogens is 176 g/mol. The van der Waals surface area contributed by atoms with E-state index in [1.807, 2.05) is 0 Å². The molecule has 0 aromatic heterocycles. The van der Waals surface area contributed by atoms with Crippen LogP contribution < -0.4 is 0 Å². The number of carbonyl (C=O) groups excluding carboxylic acids is 1. The van der Waals surface area contributed by atoms with Crippen LogP contribution in [0.25, 0.3) is 0 Å². The average molecular weight is 192 g/mol. The molecule has 1 aliphatic heterocycles. The van der Waals surface area contributed by atoms with Crippen molar-refractivity contribution in [2.45, 2.75) is 50.5 Å². The summed E-state index contributed by atoms with van der Waals surface area (Å²) in [5, 5.41) is 0. The minimum Gasteiger partial charge on any atom is -0.494 e. The second-order valence-electron chi connectivity index (χ2n) is 5.05. The molecule has 1 unspecified atom stereocenters. The van der Waals surface area contributed by atoms with Gasteiger partial charge in [0.15, 0.2) is 5.78 Å². The van der Waals surface area contributed by atoms with Gasteiger partial charge in [0.05, 0.1) is 12.7 Å². The van der Waals surface area contributed by atoms with Gasteiger partial charge in [0.2, 0.25) is 0 Å². The van der Waals surface area contributed by atoms with Crippen molar-refractivity contribution in [3.8, 4) is 0 Å². The van der Waals surface area contributed by atoms with E-state index in [4.69, 9.17) is 4.74 Å². The highest BCUT2D eigenvalue weighted by atomic mass is 16.5. The molecule has 1 atom stereocenters. The van der Waals surface area contributed by atoms with Crippen molar-refractivity contribution < 1.29 is 9.53 Å². The molecule has 2 fully saturated rings. The van der Waals surface area contributed by atoms with Crippen LogP contribution in [0.15, 0.2) is 12.3 Å². The Balaban J connectivity index is 1.94. The molecule has 2 saturated carbocycles. The highest BCUT2D eigenvalue weighted by molar-refractivity contribution is 5.91. The van der Waals surface area contributed by atoms with E-state index in [0.717, 1.165) is 6.42 Å². The number of hydrogen-bond acceptors (Lipinski definition) is 2. The molecule has 0 saturated heterocycles. The standard InChI is InChI=1S/C12H16O2/c13-10-3-8-14-12(9-10)7-2-6-11(12)4-1-5-11/h3,8H,1-2,4-7,9H2. The van der Waals surface area contributed by atoms with Gasteiger partial charge in [-0.3, -0.25) is 4.79 Å². The lowest BCUT2D eigenvalue weighted by Gasteiger charge is -2.51. The van der Waals surface area contributed by atoms with Gasteiger partial charge >= 0.3 is 0 Å². The Labute approximate surface area is 84.3 Å². The molecule has 2 aliphatic carbocycles. The van der Waals surface area contributed by atoms with Crippen LogP contribution in [-0.4, -0.2) is 11.4 Å². The van der Waals surface area contributed by atoms with Crippen LogP contribution in [0.4, 0.5) is 0 Å². The van der Waals surface area contributed by atoms with Gasteiger partial charge in [-0.25, -0.2) is 0 Å². The summed E-state index contributed by atoms with van der Waals surface area (Å²) < 4.78 is 5.85. The van der Waals surface area contributed by atoms with Gasteiger partial charge in [-0.1, -0.05) is 6.42 Å². The molecule has 0 aromatic rings. The van der Waals surface area contributed by atoms with Crippen molar-refractivity contribution >= 4 is 5.78 Å². The van der Waals surface area contributed by atoms with Crippen molar-refractivity contribution in [1.82, 2.24) is 0 Å². The second-order valence-corrected chi connectivity index (χ2v) is 5.05. The van der Waals surface area contributed by atoms with Gasteiger partial charge < -0.3 is 4.74 Å². The normalized spacial score (nSPS) is 38.7. The highest BCUT2D eigenvalue weighted by Crippen LogP contribution is 2.62. The monoisotopic (exact) mass is 192 g/mol. The fourth-order valence-corrected chi connectivity index (χ4v) is 3.60. The molecule has 2 spiro atoms. The van der Waals surface area contributed by atoms with Crippen LogP contribution in [0.1, 0.15) is 44.9 Å². The summed E-state index contributed by atoms with van der Waals surface area (Å²) >= 11 is 0. The van der Waals surface area contributed by atoms with Crippen LogP contribution in [0.2, 0.25) is 0 Å². The summed E-state index contributed by atoms with van der Waals surface area (Å²) in [7, 11) is 0. The fourth-order valence-electron chi connectivity index (χ4n) is 3.60. The van der Waals surface area contributed by atoms with E-state index in [1.54, 1.807) is 12.3 Å². The molecule has 0 amide bonds. The van der Waals surface area contributed by atoms with Gasteiger partial charge in [-0.15, -0.1) is 0 Å². The maximum absolute atomic E-state index is 11.5. The smallest absolute Gasteiger partial charge is 0.162 e. The highest BCUT2D eigenvalue weighted by Gasteiger charge is 2.60. The molecule has 3 rings (SSSR count). The molecule has 1 heterocycles. The van der Waals surface area contributed by atoms with Crippen molar-refractivity contribution in [2.24, 2.45) is 5.41 Å². The molecule has 0 radical (unpaired) electrons. The van der Waals surface area contributed by atoms with Gasteiger partial charge in [-0.05, 0) is 32.1 Å². The minimum absolute atomic E-state index is 0.100. The first kappa shape index (κ1) is 8.51. The van der Waals surface area contributed by atoms with Crippen molar-refractivity contribution in [1.29, 1.82) is 0 Å². The molecule has 2 nitrogen and oxygen atoms in total. The average Bonchev–Trinajstić information content (AvgIpc) is 2.42. The van der Waals surface area contributed by atoms with E-state index in [0.29, 0.717) is 11.8 Å². The lowest BCUT2D eigenvalue weighted by atomic mass is 9.58. The van der Waals surface area contributed by atoms with Gasteiger partial charge in [0, 0.05) is 11.5 Å². The van der Waals surface area contributed by atoms with Crippen molar-refractivity contribution in [3.63, 3.8) is 0 Å². The third-order valence-electron chi connectivity index (χ3n) is 4.52. The van der Waals surface area contributed by atoms with E-state index in [-0.39, 0.29) is 11.4 Å². The van der Waals surface area contributed by atoms with Crippen molar-refractivity contribution in [2.75, 3.05) is 0 Å². The van der Waals surface area contributed by atoms with Crippen molar-refractivity contribution in [3.05, 3.63) is 12.3 Å². The molecular formula is C12H16O2. The fraction of sp³-hybridized carbons (Fsp3) is 0.750. The van der Waals surface area contributed by atoms with Gasteiger partial charge in [0.25, 0.3) is 0 Å². The number of hydrogen-bond donors (Lipinski definition) is 0. The molecule has 0 N–H and O–H groups in total. The largest absolute Gasteiger partial charge is 0.494 e. The number of fused-ring (bicyclic) bond motifs is 1. The maximum atomic E-state index is 11.5. The first-order valence-corrected chi connectivity index (χ1v) is 5.64. The van der Waals surface area contributed by atoms with Crippen LogP contribution in [0, 0.1) is 5.41 Å². The summed E-state index contributed by atoms with van der Waals surface area (Å²) in [5.41, 5.74) is 0.268. The van der Waals surface area contributed by atoms with Crippen LogP contribution in [0.3, 0.4) is 0 Å². The SMILES string of the molecule is O=C1C=COC2(CCCC23CCC3)C1. The number of allylic oxidation sites excluding steroid dienone is 1. The first-order valence-electron chi connectivity index (χ1n) is 5.64. The first-order chi connectivity index (χ1) is 6.77. The molecule has 76 valence electrons. The number of ether oxygens (including phenoxy) is 1. The Morgan fingerprint density at radius 1 is 1.14 bits per heavy atom. The Kier molecular flexibility index (Phi) is 1.59. The molecule has 0 bridgehead atoms. The summed E-state index contributed by atoms with van der Waals surface area (Å²) in [5.74, 6) is 0.254. The number of carbonyl (C=O) groups is 1. The Hall–Kier alpha value is -0.790. The zero-order valence-electron chi connectivity index (χ0n) is 8.42. The molecule has 14 heavy (non-hydrogen) atoms. The maximum Gasteiger partial charge on any atom is 0.162 e. The predicted molar refractivity (Wildman–Crippen MR) is 52.7 cm³/mol. The second kappa shape index (κ2) is 2.62. The molecule has 2 heteroatoms. The van der Waals surface area contributed by atoms with E-state index in [1.165, 1.54) is 32.1 Å². The summed E-state index contributed by atoms with van der Waals surface area (Å²) in [4.78, 5) is 11.5. The summed E-state index contributed by atoms with van der Waals surface area (Å²) in [6.45, 7) is 0. The van der Waals surface area contributed by atoms with Crippen LogP contribution >= 0.6 is 0 Å². The summed E-state index contributed by atoms with van der Waals surface area (Å²) in [6.07, 6.45) is 11.3. The molecule has 0 aromatic carbocycles. The van der Waals surface area contributed by atoms with Gasteiger partial charge in [0.1, 0.15) is 5.60 Å². The quantitative estimate of drug-likeness (QED) is 0.589. The Morgan fingerprint density at radius 3 is 2.50 bits per heavy atom. The van der Waals surface area contributed by atoms with E-state index in [9.17, 15) is 4.79 Å². The number of ketones is 1. The third-order valence-corrected chi connectivity index (χ3v) is 4.52.